The number of hydrogen-bond donors (Lipinski definition) is 0. The smallest absolute Gasteiger partial charge is 0.131 e. The Labute approximate surface area is 101 Å². The van der Waals surface area contributed by atoms with Crippen molar-refractivity contribution in [1.82, 2.24) is 9.78 Å². The summed E-state index contributed by atoms with van der Waals surface area (Å²) in [7, 11) is 1.82. The van der Waals surface area contributed by atoms with Gasteiger partial charge in [-0.15, -0.1) is 0 Å². The molecule has 1 heterocycles. The van der Waals surface area contributed by atoms with E-state index >= 15 is 0 Å². The van der Waals surface area contributed by atoms with Gasteiger partial charge in [0.15, 0.2) is 0 Å². The van der Waals surface area contributed by atoms with Crippen LogP contribution in [0.25, 0.3) is 11.1 Å². The fraction of sp³-hybridized carbons (Fsp3) is 0.357. The monoisotopic (exact) mass is 232 g/mol. The second-order valence-corrected chi connectivity index (χ2v) is 5.35. The number of rotatable bonds is 1. The van der Waals surface area contributed by atoms with Gasteiger partial charge < -0.3 is 0 Å². The zero-order valence-electron chi connectivity index (χ0n) is 10.7. The van der Waals surface area contributed by atoms with Gasteiger partial charge >= 0.3 is 0 Å². The van der Waals surface area contributed by atoms with Crippen LogP contribution < -0.4 is 0 Å². The van der Waals surface area contributed by atoms with Crippen LogP contribution in [0.5, 0.6) is 0 Å². The number of aryl methyl sites for hydroxylation is 1. The summed E-state index contributed by atoms with van der Waals surface area (Å²) in [5.41, 5.74) is 2.38. The number of benzene rings is 1. The van der Waals surface area contributed by atoms with Gasteiger partial charge in [0.1, 0.15) is 5.82 Å². The SMILES string of the molecule is Cn1cc(-c2ccc(C(C)(C)C)cc2F)cn1. The topological polar surface area (TPSA) is 17.8 Å². The molecule has 0 unspecified atom stereocenters. The van der Waals surface area contributed by atoms with Crippen molar-refractivity contribution in [2.24, 2.45) is 7.05 Å². The molecule has 0 aliphatic carbocycles. The quantitative estimate of drug-likeness (QED) is 0.735. The maximum atomic E-state index is 14.0. The molecule has 0 atom stereocenters. The number of aromatic nitrogens is 2. The maximum absolute atomic E-state index is 14.0. The van der Waals surface area contributed by atoms with Crippen molar-refractivity contribution in [2.75, 3.05) is 0 Å². The van der Waals surface area contributed by atoms with Gasteiger partial charge in [-0.3, -0.25) is 4.68 Å². The fourth-order valence-electron chi connectivity index (χ4n) is 1.78. The molecule has 2 rings (SSSR count). The molecule has 0 saturated heterocycles. The highest BCUT2D eigenvalue weighted by atomic mass is 19.1. The predicted molar refractivity (Wildman–Crippen MR) is 67.3 cm³/mol. The summed E-state index contributed by atoms with van der Waals surface area (Å²) < 4.78 is 15.7. The van der Waals surface area contributed by atoms with Gasteiger partial charge in [0.2, 0.25) is 0 Å². The molecule has 0 fully saturated rings. The van der Waals surface area contributed by atoms with E-state index in [1.165, 1.54) is 0 Å². The van der Waals surface area contributed by atoms with Crippen LogP contribution in [0, 0.1) is 5.82 Å². The predicted octanol–water partition coefficient (Wildman–Crippen LogP) is 3.52. The second-order valence-electron chi connectivity index (χ2n) is 5.35. The van der Waals surface area contributed by atoms with Gasteiger partial charge in [0, 0.05) is 24.4 Å². The Morgan fingerprint density at radius 1 is 1.24 bits per heavy atom. The summed E-state index contributed by atoms with van der Waals surface area (Å²) in [5, 5.41) is 4.06. The molecule has 0 bridgehead atoms. The molecule has 0 aliphatic heterocycles. The fourth-order valence-corrected chi connectivity index (χ4v) is 1.78. The molecule has 17 heavy (non-hydrogen) atoms. The van der Waals surface area contributed by atoms with Crippen molar-refractivity contribution in [3.63, 3.8) is 0 Å². The highest BCUT2D eigenvalue weighted by Crippen LogP contribution is 2.28. The van der Waals surface area contributed by atoms with Crippen LogP contribution in [0.15, 0.2) is 30.6 Å². The van der Waals surface area contributed by atoms with Crippen LogP contribution in [0.3, 0.4) is 0 Å². The largest absolute Gasteiger partial charge is 0.275 e. The van der Waals surface area contributed by atoms with Crippen molar-refractivity contribution in [3.05, 3.63) is 42.0 Å². The van der Waals surface area contributed by atoms with Crippen LogP contribution >= 0.6 is 0 Å². The van der Waals surface area contributed by atoms with Crippen LogP contribution in [0.4, 0.5) is 4.39 Å². The molecule has 2 nitrogen and oxygen atoms in total. The Balaban J connectivity index is 2.45. The van der Waals surface area contributed by atoms with Crippen molar-refractivity contribution in [3.8, 4) is 11.1 Å². The molecule has 0 aliphatic rings. The van der Waals surface area contributed by atoms with E-state index in [1.807, 2.05) is 25.4 Å². The summed E-state index contributed by atoms with van der Waals surface area (Å²) in [6.45, 7) is 6.22. The normalized spacial score (nSPS) is 11.8. The molecule has 0 spiro atoms. The van der Waals surface area contributed by atoms with Crippen molar-refractivity contribution in [2.45, 2.75) is 26.2 Å². The van der Waals surface area contributed by atoms with Gasteiger partial charge in [-0.1, -0.05) is 32.9 Å². The highest BCUT2D eigenvalue weighted by molar-refractivity contribution is 5.63. The van der Waals surface area contributed by atoms with Gasteiger partial charge in [-0.25, -0.2) is 4.39 Å². The van der Waals surface area contributed by atoms with Gasteiger partial charge in [-0.2, -0.15) is 5.10 Å². The molecule has 1 aromatic heterocycles. The number of halogens is 1. The Hall–Kier alpha value is -1.64. The Morgan fingerprint density at radius 3 is 2.41 bits per heavy atom. The first-order chi connectivity index (χ1) is 7.88. The minimum absolute atomic E-state index is 0.0334. The second kappa shape index (κ2) is 3.99. The van der Waals surface area contributed by atoms with E-state index in [4.69, 9.17) is 0 Å². The van der Waals surface area contributed by atoms with E-state index in [1.54, 1.807) is 16.9 Å². The van der Waals surface area contributed by atoms with Crippen LogP contribution in [-0.4, -0.2) is 9.78 Å². The summed E-state index contributed by atoms with van der Waals surface area (Å²) in [4.78, 5) is 0. The van der Waals surface area contributed by atoms with Crippen molar-refractivity contribution in [1.29, 1.82) is 0 Å². The standard InChI is InChI=1S/C14H17FN2/c1-14(2,3)11-5-6-12(13(15)7-11)10-8-16-17(4)9-10/h5-9H,1-4H3. The Bertz CT molecular complexity index is 535. The van der Waals surface area contributed by atoms with Gasteiger partial charge in [-0.05, 0) is 17.0 Å². The zero-order valence-corrected chi connectivity index (χ0v) is 10.7. The van der Waals surface area contributed by atoms with Crippen molar-refractivity contribution < 1.29 is 4.39 Å². The van der Waals surface area contributed by atoms with Crippen LogP contribution in [0.2, 0.25) is 0 Å². The first kappa shape index (κ1) is 11.8. The Morgan fingerprint density at radius 2 is 1.94 bits per heavy atom. The lowest BCUT2D eigenvalue weighted by Gasteiger charge is -2.19. The third-order valence-corrected chi connectivity index (χ3v) is 2.85. The lowest BCUT2D eigenvalue weighted by atomic mass is 9.86. The maximum Gasteiger partial charge on any atom is 0.131 e. The lowest BCUT2D eigenvalue weighted by molar-refractivity contribution is 0.573. The molecule has 2 aromatic rings. The summed E-state index contributed by atoms with van der Waals surface area (Å²) in [6.07, 6.45) is 3.49. The third-order valence-electron chi connectivity index (χ3n) is 2.85. The third kappa shape index (κ3) is 2.38. The first-order valence-electron chi connectivity index (χ1n) is 5.67. The van der Waals surface area contributed by atoms with Gasteiger partial charge in [0.25, 0.3) is 0 Å². The molecule has 0 saturated carbocycles. The zero-order chi connectivity index (χ0) is 12.6. The number of hydrogen-bond acceptors (Lipinski definition) is 1. The van der Waals surface area contributed by atoms with E-state index in [0.29, 0.717) is 5.56 Å². The average molecular weight is 232 g/mol. The van der Waals surface area contributed by atoms with E-state index in [0.717, 1.165) is 11.1 Å². The molecule has 0 amide bonds. The van der Waals surface area contributed by atoms with Crippen molar-refractivity contribution >= 4 is 0 Å². The van der Waals surface area contributed by atoms with Crippen LogP contribution in [0.1, 0.15) is 26.3 Å². The molecular formula is C14H17FN2. The molecule has 0 N–H and O–H groups in total. The highest BCUT2D eigenvalue weighted by Gasteiger charge is 2.16. The molecule has 3 heteroatoms. The molecule has 1 aromatic carbocycles. The minimum atomic E-state index is -0.189. The van der Waals surface area contributed by atoms with Crippen LogP contribution in [-0.2, 0) is 12.5 Å². The lowest BCUT2D eigenvalue weighted by Crippen LogP contribution is -2.11. The van der Waals surface area contributed by atoms with E-state index in [2.05, 4.69) is 25.9 Å². The summed E-state index contributed by atoms with van der Waals surface area (Å²) in [6, 6.07) is 5.42. The van der Waals surface area contributed by atoms with E-state index in [9.17, 15) is 4.39 Å². The van der Waals surface area contributed by atoms with E-state index < -0.39 is 0 Å². The van der Waals surface area contributed by atoms with Gasteiger partial charge in [0.05, 0.1) is 6.20 Å². The number of nitrogens with zero attached hydrogens (tertiary/aromatic N) is 2. The summed E-state index contributed by atoms with van der Waals surface area (Å²) in [5.74, 6) is -0.189. The van der Waals surface area contributed by atoms with E-state index in [-0.39, 0.29) is 11.2 Å². The molecular weight excluding hydrogens is 215 g/mol. The summed E-state index contributed by atoms with van der Waals surface area (Å²) >= 11 is 0. The average Bonchev–Trinajstić information content (AvgIpc) is 2.63. The minimum Gasteiger partial charge on any atom is -0.275 e. The Kier molecular flexibility index (Phi) is 2.77. The molecule has 0 radical (unpaired) electrons. The molecule has 90 valence electrons. The first-order valence-corrected chi connectivity index (χ1v) is 5.67.